The molecule has 1 aromatic heterocycles. The molecule has 0 spiro atoms. The zero-order valence-electron chi connectivity index (χ0n) is 14.0. The van der Waals surface area contributed by atoms with Crippen LogP contribution in [-0.4, -0.2) is 34.4 Å². The van der Waals surface area contributed by atoms with Crippen LogP contribution in [0.15, 0.2) is 36.4 Å². The summed E-state index contributed by atoms with van der Waals surface area (Å²) in [6.45, 7) is 1.70. The Balaban J connectivity index is 1.96. The van der Waals surface area contributed by atoms with Crippen LogP contribution in [0.3, 0.4) is 0 Å². The fraction of sp³-hybridized carbons (Fsp3) is 0.222. The molecule has 0 bridgehead atoms. The highest BCUT2D eigenvalue weighted by atomic mass is 35.5. The Hall–Kier alpha value is -2.62. The third-order valence-corrected chi connectivity index (χ3v) is 4.91. The summed E-state index contributed by atoms with van der Waals surface area (Å²) in [5.74, 6) is -0.382. The number of amides is 3. The van der Waals surface area contributed by atoms with Gasteiger partial charge in [-0.2, -0.15) is 5.26 Å². The summed E-state index contributed by atoms with van der Waals surface area (Å²) in [6.07, 6.45) is 0.308. The summed E-state index contributed by atoms with van der Waals surface area (Å²) in [6, 6.07) is 11.3. The van der Waals surface area contributed by atoms with Crippen LogP contribution in [0.4, 0.5) is 10.5 Å². The molecule has 1 aliphatic rings. The summed E-state index contributed by atoms with van der Waals surface area (Å²) >= 11 is 11.8. The molecule has 0 aliphatic carbocycles. The number of hydrogen-bond donors (Lipinski definition) is 0. The maximum atomic E-state index is 13.1. The number of imide groups is 1. The molecule has 1 fully saturated rings. The lowest BCUT2D eigenvalue weighted by Crippen LogP contribution is -2.47. The standard InChI is InChI=1S/C18H14Cl2N4O2/c1-18(9-11-3-5-12(10-21)6-4-11)16(25)24(17(26)23(18)2)13-7-14(19)22-15(20)8-13/h3-8H,9H2,1-2H3. The predicted octanol–water partition coefficient (Wildman–Crippen LogP) is 3.66. The molecule has 8 heteroatoms. The van der Waals surface area contributed by atoms with Gasteiger partial charge in [0.15, 0.2) is 0 Å². The SMILES string of the molecule is CN1C(=O)N(c2cc(Cl)nc(Cl)c2)C(=O)C1(C)Cc1ccc(C#N)cc1. The van der Waals surface area contributed by atoms with Crippen molar-refractivity contribution in [1.82, 2.24) is 9.88 Å². The van der Waals surface area contributed by atoms with Crippen molar-refractivity contribution in [2.24, 2.45) is 0 Å². The smallest absolute Gasteiger partial charge is 0.312 e. The van der Waals surface area contributed by atoms with Crippen molar-refractivity contribution in [2.45, 2.75) is 18.9 Å². The van der Waals surface area contributed by atoms with Crippen molar-refractivity contribution in [3.63, 3.8) is 0 Å². The Kier molecular flexibility index (Phi) is 4.61. The van der Waals surface area contributed by atoms with E-state index in [2.05, 4.69) is 11.1 Å². The van der Waals surface area contributed by atoms with E-state index in [0.29, 0.717) is 12.0 Å². The number of carbonyl (C=O) groups excluding carboxylic acids is 2. The summed E-state index contributed by atoms with van der Waals surface area (Å²) in [5, 5.41) is 9.09. The van der Waals surface area contributed by atoms with Crippen LogP contribution in [-0.2, 0) is 11.2 Å². The highest BCUT2D eigenvalue weighted by Gasteiger charge is 2.53. The van der Waals surface area contributed by atoms with Gasteiger partial charge in [0, 0.05) is 13.5 Å². The van der Waals surface area contributed by atoms with Crippen LogP contribution in [0, 0.1) is 11.3 Å². The number of anilines is 1. The molecule has 3 rings (SSSR count). The third kappa shape index (κ3) is 3.00. The van der Waals surface area contributed by atoms with Crippen molar-refractivity contribution in [3.05, 3.63) is 57.8 Å². The maximum absolute atomic E-state index is 13.1. The number of nitrogens with zero attached hydrogens (tertiary/aromatic N) is 4. The number of hydrogen-bond acceptors (Lipinski definition) is 4. The summed E-state index contributed by atoms with van der Waals surface area (Å²) in [4.78, 5) is 32.1. The van der Waals surface area contributed by atoms with Crippen LogP contribution in [0.5, 0.6) is 0 Å². The fourth-order valence-corrected chi connectivity index (χ4v) is 3.38. The van der Waals surface area contributed by atoms with E-state index in [4.69, 9.17) is 28.5 Å². The average Bonchev–Trinajstić information content (AvgIpc) is 2.75. The molecule has 1 unspecified atom stereocenters. The number of rotatable bonds is 3. The first-order valence-electron chi connectivity index (χ1n) is 7.71. The van der Waals surface area contributed by atoms with Gasteiger partial charge < -0.3 is 4.90 Å². The molecule has 26 heavy (non-hydrogen) atoms. The molecule has 1 aliphatic heterocycles. The van der Waals surface area contributed by atoms with Crippen molar-refractivity contribution >= 4 is 40.8 Å². The molecular weight excluding hydrogens is 375 g/mol. The fourth-order valence-electron chi connectivity index (χ4n) is 2.93. The Bertz CT molecular complexity index is 919. The second-order valence-corrected chi connectivity index (χ2v) is 6.99. The molecule has 6 nitrogen and oxygen atoms in total. The Morgan fingerprint density at radius 3 is 2.27 bits per heavy atom. The molecule has 0 radical (unpaired) electrons. The van der Waals surface area contributed by atoms with Gasteiger partial charge in [-0.1, -0.05) is 35.3 Å². The van der Waals surface area contributed by atoms with Gasteiger partial charge in [0.2, 0.25) is 0 Å². The van der Waals surface area contributed by atoms with Crippen molar-refractivity contribution in [3.8, 4) is 6.07 Å². The zero-order chi connectivity index (χ0) is 19.1. The lowest BCUT2D eigenvalue weighted by atomic mass is 9.91. The monoisotopic (exact) mass is 388 g/mol. The second kappa shape index (κ2) is 6.60. The first-order valence-corrected chi connectivity index (χ1v) is 8.46. The summed E-state index contributed by atoms with van der Waals surface area (Å²) in [5.41, 5.74) is 0.573. The molecule has 2 heterocycles. The van der Waals surface area contributed by atoms with E-state index in [1.165, 1.54) is 17.0 Å². The number of aromatic nitrogens is 1. The molecule has 1 aromatic carbocycles. The minimum absolute atomic E-state index is 0.0939. The van der Waals surface area contributed by atoms with Gasteiger partial charge in [0.1, 0.15) is 15.8 Å². The molecule has 1 saturated heterocycles. The van der Waals surface area contributed by atoms with Crippen LogP contribution in [0.25, 0.3) is 0 Å². The van der Waals surface area contributed by atoms with E-state index < -0.39 is 11.6 Å². The van der Waals surface area contributed by atoms with Crippen LogP contribution >= 0.6 is 23.2 Å². The number of likely N-dealkylation sites (N-methyl/N-ethyl adjacent to an activating group) is 1. The molecule has 2 aromatic rings. The molecule has 0 saturated carbocycles. The predicted molar refractivity (Wildman–Crippen MR) is 98.2 cm³/mol. The number of carbonyl (C=O) groups is 2. The van der Waals surface area contributed by atoms with E-state index in [-0.39, 0.29) is 21.9 Å². The lowest BCUT2D eigenvalue weighted by molar-refractivity contribution is -0.123. The van der Waals surface area contributed by atoms with E-state index in [0.717, 1.165) is 10.5 Å². The number of halogens is 2. The van der Waals surface area contributed by atoms with Crippen molar-refractivity contribution in [2.75, 3.05) is 11.9 Å². The maximum Gasteiger partial charge on any atom is 0.332 e. The Morgan fingerprint density at radius 2 is 1.73 bits per heavy atom. The first-order chi connectivity index (χ1) is 12.3. The van der Waals surface area contributed by atoms with Crippen LogP contribution in [0.1, 0.15) is 18.1 Å². The van der Waals surface area contributed by atoms with Gasteiger partial charge in [-0.15, -0.1) is 0 Å². The van der Waals surface area contributed by atoms with Gasteiger partial charge in [0.05, 0.1) is 17.3 Å². The Labute approximate surface area is 160 Å². The molecule has 0 N–H and O–H groups in total. The number of urea groups is 1. The highest BCUT2D eigenvalue weighted by molar-refractivity contribution is 6.33. The van der Waals surface area contributed by atoms with Gasteiger partial charge in [0.25, 0.3) is 5.91 Å². The average molecular weight is 389 g/mol. The van der Waals surface area contributed by atoms with Crippen molar-refractivity contribution < 1.29 is 9.59 Å². The largest absolute Gasteiger partial charge is 0.332 e. The zero-order valence-corrected chi connectivity index (χ0v) is 15.5. The first kappa shape index (κ1) is 18.2. The third-order valence-electron chi connectivity index (χ3n) is 4.52. The van der Waals surface area contributed by atoms with Crippen molar-refractivity contribution in [1.29, 1.82) is 5.26 Å². The van der Waals surface area contributed by atoms with E-state index >= 15 is 0 Å². The topological polar surface area (TPSA) is 77.3 Å². The minimum atomic E-state index is -1.08. The van der Waals surface area contributed by atoms with Crippen LogP contribution in [0.2, 0.25) is 10.3 Å². The van der Waals surface area contributed by atoms with E-state index in [9.17, 15) is 9.59 Å². The number of nitriles is 1. The quantitative estimate of drug-likeness (QED) is 0.593. The molecular formula is C18H14Cl2N4O2. The van der Waals surface area contributed by atoms with Gasteiger partial charge >= 0.3 is 6.03 Å². The molecule has 1 atom stereocenters. The lowest BCUT2D eigenvalue weighted by Gasteiger charge is -2.28. The Morgan fingerprint density at radius 1 is 1.15 bits per heavy atom. The van der Waals surface area contributed by atoms with Crippen LogP contribution < -0.4 is 4.90 Å². The van der Waals surface area contributed by atoms with E-state index in [1.807, 2.05) is 0 Å². The molecule has 3 amide bonds. The number of pyridine rings is 1. The normalized spacial score (nSPS) is 19.8. The number of benzene rings is 1. The van der Waals surface area contributed by atoms with E-state index in [1.54, 1.807) is 38.2 Å². The second-order valence-electron chi connectivity index (χ2n) is 6.21. The van der Waals surface area contributed by atoms with Gasteiger partial charge in [-0.3, -0.25) is 4.79 Å². The summed E-state index contributed by atoms with van der Waals surface area (Å²) in [7, 11) is 1.58. The van der Waals surface area contributed by atoms with Gasteiger partial charge in [-0.05, 0) is 36.8 Å². The highest BCUT2D eigenvalue weighted by Crippen LogP contribution is 2.35. The minimum Gasteiger partial charge on any atom is -0.312 e. The molecule has 132 valence electrons. The van der Waals surface area contributed by atoms with Gasteiger partial charge in [-0.25, -0.2) is 14.7 Å². The summed E-state index contributed by atoms with van der Waals surface area (Å²) < 4.78 is 0.